The highest BCUT2D eigenvalue weighted by molar-refractivity contribution is 7.99. The Balaban J connectivity index is 0.000000420. The Morgan fingerprint density at radius 2 is 0.667 bits per heavy atom. The molecule has 0 spiro atoms. The molecular formula is C91H110O16S. The van der Waals surface area contributed by atoms with Crippen molar-refractivity contribution in [2.24, 2.45) is 0 Å². The summed E-state index contributed by atoms with van der Waals surface area (Å²) in [5.41, 5.74) is 7.81. The Morgan fingerprint density at radius 3 is 1.14 bits per heavy atom. The van der Waals surface area contributed by atoms with Crippen molar-refractivity contribution in [2.75, 3.05) is 52.9 Å². The van der Waals surface area contributed by atoms with Gasteiger partial charge >= 0.3 is 0 Å². The van der Waals surface area contributed by atoms with E-state index < -0.39 is 0 Å². The molecule has 9 rings (SSSR count). The Kier molecular flexibility index (Phi) is 54.7. The molecule has 0 heterocycles. The second-order valence-electron chi connectivity index (χ2n) is 23.2. The van der Waals surface area contributed by atoms with Gasteiger partial charge in [-0.15, -0.1) is 0 Å². The van der Waals surface area contributed by atoms with E-state index in [1.54, 1.807) is 42.1 Å². The number of unbranched alkanes of at least 4 members (excludes halogenated alkanes) is 2. The molecule has 0 aliphatic rings. The molecule has 0 unspecified atom stereocenters. The lowest BCUT2D eigenvalue weighted by atomic mass is 10.1. The number of ether oxygens (including phenoxy) is 8. The lowest BCUT2D eigenvalue weighted by molar-refractivity contribution is -0.110. The smallest absolute Gasteiger partial charge is 0.161 e. The largest absolute Gasteiger partial charge is 0.494 e. The van der Waals surface area contributed by atoms with Gasteiger partial charge in [-0.2, -0.15) is 0 Å². The van der Waals surface area contributed by atoms with E-state index in [-0.39, 0.29) is 26.4 Å². The first-order chi connectivity index (χ1) is 53.0. The minimum absolute atomic E-state index is 0.0620. The molecule has 17 heteroatoms. The number of rotatable bonds is 39. The van der Waals surface area contributed by atoms with Gasteiger partial charge in [0.1, 0.15) is 73.5 Å². The van der Waals surface area contributed by atoms with Crippen molar-refractivity contribution in [3.63, 3.8) is 0 Å². The molecule has 9 aromatic rings. The van der Waals surface area contributed by atoms with Crippen molar-refractivity contribution in [1.29, 1.82) is 0 Å². The van der Waals surface area contributed by atoms with Crippen LogP contribution in [0.1, 0.15) is 166 Å². The molecule has 0 atom stereocenters. The lowest BCUT2D eigenvalue weighted by Crippen LogP contribution is -2.01. The number of carbonyl (C=O) groups excluding carboxylic acids is 8. The fourth-order valence-corrected chi connectivity index (χ4v) is 10.5. The fourth-order valence-electron chi connectivity index (χ4n) is 9.40. The zero-order valence-corrected chi connectivity index (χ0v) is 65.0. The number of hydrogen-bond acceptors (Lipinski definition) is 17. The second kappa shape index (κ2) is 63.4. The highest BCUT2D eigenvalue weighted by Gasteiger charge is 2.09. The average molecular weight is 1490 g/mol. The van der Waals surface area contributed by atoms with Crippen LogP contribution in [0.5, 0.6) is 46.0 Å². The maximum Gasteiger partial charge on any atom is 0.161 e. The third-order valence-electron chi connectivity index (χ3n) is 14.8. The molecule has 16 nitrogen and oxygen atoms in total. The van der Waals surface area contributed by atoms with Gasteiger partial charge in [-0.25, -0.2) is 0 Å². The van der Waals surface area contributed by atoms with Gasteiger partial charge in [0.15, 0.2) is 49.2 Å². The highest BCUT2D eigenvalue weighted by Crippen LogP contribution is 2.33. The lowest BCUT2D eigenvalue weighted by Gasteiger charge is -2.09. The number of benzene rings is 9. The molecule has 9 aromatic carbocycles. The first kappa shape index (κ1) is 93.2. The molecular weight excluding hydrogens is 1380 g/mol. The summed E-state index contributed by atoms with van der Waals surface area (Å²) in [5.74, 6) is 6.07. The van der Waals surface area contributed by atoms with E-state index >= 15 is 0 Å². The zero-order valence-electron chi connectivity index (χ0n) is 64.2. The van der Waals surface area contributed by atoms with E-state index in [2.05, 4.69) is 65.8 Å². The molecule has 0 aromatic heterocycles. The predicted molar refractivity (Wildman–Crippen MR) is 433 cm³/mol. The third-order valence-corrected chi connectivity index (χ3v) is 16.0. The quantitative estimate of drug-likeness (QED) is 0.0259. The van der Waals surface area contributed by atoms with Crippen LogP contribution in [-0.2, 0) is 56.1 Å². The Labute approximate surface area is 645 Å². The van der Waals surface area contributed by atoms with Crippen molar-refractivity contribution in [3.8, 4) is 46.0 Å². The van der Waals surface area contributed by atoms with Crippen molar-refractivity contribution < 1.29 is 76.3 Å². The van der Waals surface area contributed by atoms with Gasteiger partial charge in [0.05, 0.1) is 32.0 Å². The second-order valence-corrected chi connectivity index (χ2v) is 24.3. The summed E-state index contributed by atoms with van der Waals surface area (Å²) in [6.45, 7) is 19.9. The molecule has 0 fully saturated rings. The van der Waals surface area contributed by atoms with Gasteiger partial charge < -0.3 is 42.7 Å². The predicted octanol–water partition coefficient (Wildman–Crippen LogP) is 20.1. The van der Waals surface area contributed by atoms with Crippen LogP contribution in [0.25, 0.3) is 0 Å². The molecule has 0 saturated carbocycles. The standard InChI is InChI=1S/C15H14OS.C12H16O2.C11H14O3.3C11H14O2.2C10H12O2/c1-2-12-7-3-5-9-14(12)17-15-10-6-4-8-13(15)11-16;1-2-3-6-11-7-4-5-8-12(11)14-10-9-13;1-2-8-13-10-5-3-4-6-11(10)14-9-7-12;1-2-9-13-11-6-4-3-5-10(11)7-8-12;1-2-5-10-6-3-4-7-11(10)13-9-8-12;1-2-3-7-13-11-6-4-5-10(8-11)9-12;1-2-9-5-3-4-6-10(9)12-8-7-11;1-2-7-12-10-6-4-3-5-9(10)8-11/h3-11H,2H2,1H3;4-5,7-9H,2-3,6,10H2,1H3;3-7H,2,8-9H2,1H3;3-6,8H,2,7,9H2,1H3;3-4,6-8H,2,5,9H2,1H3;4-6,8-9H,2-3,7H2,1H3;3-7H,2,8H2,1H3;3-6,8H,2,7H2,1H3. The Bertz CT molecular complexity index is 3830. The molecule has 576 valence electrons. The average Bonchev–Trinajstić information content (AvgIpc) is 0.960. The van der Waals surface area contributed by atoms with Crippen LogP contribution in [0.15, 0.2) is 228 Å². The van der Waals surface area contributed by atoms with Gasteiger partial charge in [-0.3, -0.25) is 33.6 Å². The number of carbonyl (C=O) groups is 8. The molecule has 0 radical (unpaired) electrons. The number of aryl methyl sites for hydroxylation is 4. The monoisotopic (exact) mass is 1490 g/mol. The first-order valence-electron chi connectivity index (χ1n) is 37.0. The third kappa shape index (κ3) is 40.5. The van der Waals surface area contributed by atoms with E-state index in [9.17, 15) is 38.4 Å². The van der Waals surface area contributed by atoms with Crippen molar-refractivity contribution in [3.05, 3.63) is 263 Å². The Morgan fingerprint density at radius 1 is 0.278 bits per heavy atom. The Hall–Kier alpha value is -10.9. The summed E-state index contributed by atoms with van der Waals surface area (Å²) in [7, 11) is 0. The van der Waals surface area contributed by atoms with Crippen LogP contribution in [0.4, 0.5) is 0 Å². The van der Waals surface area contributed by atoms with Gasteiger partial charge in [-0.05, 0) is 153 Å². The molecule has 0 saturated heterocycles. The van der Waals surface area contributed by atoms with E-state index in [1.807, 2.05) is 178 Å². The van der Waals surface area contributed by atoms with Crippen molar-refractivity contribution in [2.45, 2.75) is 149 Å². The van der Waals surface area contributed by atoms with Gasteiger partial charge in [-0.1, -0.05) is 232 Å². The summed E-state index contributed by atoms with van der Waals surface area (Å²) in [5, 5.41) is 0. The minimum atomic E-state index is 0.0620. The first-order valence-corrected chi connectivity index (χ1v) is 37.8. The van der Waals surface area contributed by atoms with E-state index in [1.165, 1.54) is 28.0 Å². The van der Waals surface area contributed by atoms with E-state index in [0.29, 0.717) is 54.6 Å². The van der Waals surface area contributed by atoms with Crippen molar-refractivity contribution in [1.82, 2.24) is 0 Å². The minimum Gasteiger partial charge on any atom is -0.494 e. The van der Waals surface area contributed by atoms with Gasteiger partial charge in [0, 0.05) is 32.9 Å². The number of aldehydes is 8. The summed E-state index contributed by atoms with van der Waals surface area (Å²) in [6, 6.07) is 68.9. The summed E-state index contributed by atoms with van der Waals surface area (Å²) >= 11 is 1.66. The summed E-state index contributed by atoms with van der Waals surface area (Å²) in [6.07, 6.45) is 19.3. The summed E-state index contributed by atoms with van der Waals surface area (Å²) < 4.78 is 42.7. The number of para-hydroxylation sites is 7. The van der Waals surface area contributed by atoms with Gasteiger partial charge in [0.25, 0.3) is 0 Å². The molecule has 108 heavy (non-hydrogen) atoms. The molecule has 0 bridgehead atoms. The fraction of sp³-hybridized carbons (Fsp3) is 0.319. The topological polar surface area (TPSA) is 210 Å². The maximum atomic E-state index is 11.0. The molecule has 0 amide bonds. The van der Waals surface area contributed by atoms with E-state index in [4.69, 9.17) is 37.9 Å². The SMILES string of the molecule is CCCCOc1cccc(C=O)c1.CCCCc1ccccc1OCC=O.CCCOc1ccccc1C=O.CCCOc1ccccc1CC=O.CCCOc1ccccc1OCC=O.CCCc1ccccc1OCC=O.CCc1ccccc1OCC=O.CCc1ccccc1Sc1ccccc1C=O. The molecule has 0 N–H and O–H groups in total. The summed E-state index contributed by atoms with van der Waals surface area (Å²) in [4.78, 5) is 85.0. The van der Waals surface area contributed by atoms with Crippen LogP contribution < -0.4 is 37.9 Å². The van der Waals surface area contributed by atoms with Crippen molar-refractivity contribution >= 4 is 62.1 Å². The number of hydrogen-bond donors (Lipinski definition) is 0. The zero-order chi connectivity index (χ0) is 78.7. The van der Waals surface area contributed by atoms with Crippen LogP contribution in [0.3, 0.4) is 0 Å². The molecule has 0 aliphatic heterocycles. The van der Waals surface area contributed by atoms with Crippen LogP contribution in [-0.4, -0.2) is 103 Å². The van der Waals surface area contributed by atoms with Crippen LogP contribution in [0, 0.1) is 0 Å². The normalized spacial score (nSPS) is 9.67. The highest BCUT2D eigenvalue weighted by atomic mass is 32.2. The van der Waals surface area contributed by atoms with Crippen LogP contribution in [0.2, 0.25) is 0 Å². The van der Waals surface area contributed by atoms with E-state index in [0.717, 1.165) is 178 Å². The van der Waals surface area contributed by atoms with Gasteiger partial charge in [0.2, 0.25) is 0 Å². The van der Waals surface area contributed by atoms with Crippen LogP contribution >= 0.6 is 11.8 Å². The molecule has 0 aliphatic carbocycles. The maximum absolute atomic E-state index is 11.0.